The molecule has 0 saturated carbocycles. The number of pyridine rings is 3. The van der Waals surface area contributed by atoms with Crippen molar-refractivity contribution in [3.8, 4) is 17.6 Å². The predicted octanol–water partition coefficient (Wildman–Crippen LogP) is 3.76. The number of halogens is 1. The van der Waals surface area contributed by atoms with Gasteiger partial charge < -0.3 is 14.7 Å². The van der Waals surface area contributed by atoms with Gasteiger partial charge >= 0.3 is 17.6 Å². The summed E-state index contributed by atoms with van der Waals surface area (Å²) in [5.41, 5.74) is 3.71. The summed E-state index contributed by atoms with van der Waals surface area (Å²) in [6.45, 7) is 6.68. The molecule has 0 spiro atoms. The third kappa shape index (κ3) is 4.96. The van der Waals surface area contributed by atoms with E-state index in [2.05, 4.69) is 75.9 Å². The monoisotopic (exact) mass is 555 g/mol. The van der Waals surface area contributed by atoms with Gasteiger partial charge in [0.05, 0.1) is 37.2 Å². The summed E-state index contributed by atoms with van der Waals surface area (Å²) in [5.74, 6) is 1.89. The van der Waals surface area contributed by atoms with Crippen LogP contribution >= 0.6 is 11.6 Å². The lowest BCUT2D eigenvalue weighted by Gasteiger charge is -2.17. The number of hydrogen-bond acceptors (Lipinski definition) is 5. The number of nitrogens with zero attached hydrogens (tertiary/aromatic N) is 8. The largest absolute Gasteiger partial charge is 0.481 e. The number of rotatable bonds is 6. The minimum Gasteiger partial charge on any atom is -0.371 e. The Bertz CT molecular complexity index is 1370. The van der Waals surface area contributed by atoms with Crippen LogP contribution in [0.1, 0.15) is 38.5 Å². The van der Waals surface area contributed by atoms with Gasteiger partial charge in [0.25, 0.3) is 0 Å². The van der Waals surface area contributed by atoms with Crippen LogP contribution in [0, 0.1) is 0 Å². The smallest absolute Gasteiger partial charge is 0.371 e. The third-order valence-electron chi connectivity index (χ3n) is 8.37. The van der Waals surface area contributed by atoms with E-state index in [1.807, 2.05) is 26.1 Å². The summed E-state index contributed by atoms with van der Waals surface area (Å²) >= 11 is 7.08. The van der Waals surface area contributed by atoms with Gasteiger partial charge in [-0.2, -0.15) is 4.57 Å². The lowest BCUT2D eigenvalue weighted by atomic mass is 10.3. The molecule has 0 radical (unpaired) electrons. The first-order valence-electron chi connectivity index (χ1n) is 14.6. The van der Waals surface area contributed by atoms with E-state index >= 15 is 0 Å². The van der Waals surface area contributed by atoms with Gasteiger partial charge in [0, 0.05) is 85.6 Å². The highest BCUT2D eigenvalue weighted by molar-refractivity contribution is 6.33. The van der Waals surface area contributed by atoms with Gasteiger partial charge in [-0.15, -0.1) is 0 Å². The normalized spacial score (nSPS) is 17.3. The van der Waals surface area contributed by atoms with E-state index < -0.39 is 0 Å². The molecule has 3 aliphatic heterocycles. The molecule has 4 aromatic heterocycles. The van der Waals surface area contributed by atoms with E-state index in [0.29, 0.717) is 22.6 Å². The van der Waals surface area contributed by atoms with Crippen LogP contribution in [-0.2, 0) is 0 Å². The van der Waals surface area contributed by atoms with E-state index in [9.17, 15) is 0 Å². The van der Waals surface area contributed by atoms with E-state index in [1.165, 1.54) is 55.6 Å². The fourth-order valence-electron chi connectivity index (χ4n) is 6.10. The summed E-state index contributed by atoms with van der Waals surface area (Å²) < 4.78 is 5.96. The quantitative estimate of drug-likeness (QED) is 0.339. The first kappa shape index (κ1) is 25.2. The van der Waals surface area contributed by atoms with Crippen LogP contribution in [0.4, 0.5) is 17.1 Å². The molecule has 7 rings (SSSR count). The minimum absolute atomic E-state index is 0.510. The van der Waals surface area contributed by atoms with Crippen molar-refractivity contribution in [3.63, 3.8) is 0 Å². The topological polar surface area (TPSA) is 47.1 Å². The van der Waals surface area contributed by atoms with Crippen molar-refractivity contribution < 1.29 is 13.7 Å². The molecule has 3 aliphatic rings. The molecule has 204 valence electrons. The average molecular weight is 556 g/mol. The molecule has 0 aromatic carbocycles. The Morgan fingerprint density at radius 1 is 0.475 bits per heavy atom. The van der Waals surface area contributed by atoms with Gasteiger partial charge in [0.1, 0.15) is 0 Å². The second-order valence-corrected chi connectivity index (χ2v) is 11.3. The fraction of sp³-hybridized carbons (Fsp3) is 0.387. The lowest BCUT2D eigenvalue weighted by Crippen LogP contribution is -2.41. The first-order valence-corrected chi connectivity index (χ1v) is 15.0. The SMILES string of the molecule is Clc1c(-[n+]2ccc(N3CCCC3)cc2)nc(-[n+]2ccc(N3CCCC3)cc2)nc1-[n+]1ccc(N2CCCC2)cc1. The van der Waals surface area contributed by atoms with Crippen molar-refractivity contribution in [2.45, 2.75) is 38.5 Å². The highest BCUT2D eigenvalue weighted by Gasteiger charge is 2.31. The molecule has 0 atom stereocenters. The van der Waals surface area contributed by atoms with E-state index in [0.717, 1.165) is 39.3 Å². The molecule has 0 bridgehead atoms. The van der Waals surface area contributed by atoms with Gasteiger partial charge in [-0.25, -0.2) is 9.13 Å². The third-order valence-corrected chi connectivity index (χ3v) is 8.71. The molecule has 8 nitrogen and oxygen atoms in total. The highest BCUT2D eigenvalue weighted by atomic mass is 35.5. The summed E-state index contributed by atoms with van der Waals surface area (Å²) in [4.78, 5) is 17.2. The molecule has 0 N–H and O–H groups in total. The van der Waals surface area contributed by atoms with Crippen LogP contribution in [0.15, 0.2) is 73.6 Å². The number of anilines is 3. The highest BCUT2D eigenvalue weighted by Crippen LogP contribution is 2.23. The maximum atomic E-state index is 7.08. The zero-order valence-corrected chi connectivity index (χ0v) is 23.6. The van der Waals surface area contributed by atoms with Crippen LogP contribution in [0.5, 0.6) is 0 Å². The van der Waals surface area contributed by atoms with Crippen molar-refractivity contribution in [1.82, 2.24) is 9.97 Å². The Hall–Kier alpha value is -3.78. The fourth-order valence-corrected chi connectivity index (χ4v) is 6.38. The molecule has 0 amide bonds. The van der Waals surface area contributed by atoms with Crippen LogP contribution in [0.25, 0.3) is 17.6 Å². The molecule has 0 aliphatic carbocycles. The molecule has 3 fully saturated rings. The van der Waals surface area contributed by atoms with Crippen LogP contribution in [-0.4, -0.2) is 49.2 Å². The van der Waals surface area contributed by atoms with Crippen LogP contribution in [0.2, 0.25) is 5.02 Å². The van der Waals surface area contributed by atoms with E-state index in [1.54, 1.807) is 0 Å². The van der Waals surface area contributed by atoms with Gasteiger partial charge in [-0.05, 0) is 55.6 Å². The van der Waals surface area contributed by atoms with Crippen molar-refractivity contribution in [2.24, 2.45) is 0 Å². The van der Waals surface area contributed by atoms with Crippen LogP contribution in [0.3, 0.4) is 0 Å². The Balaban J connectivity index is 1.28. The number of hydrogen-bond donors (Lipinski definition) is 0. The Kier molecular flexibility index (Phi) is 6.93. The molecule has 40 heavy (non-hydrogen) atoms. The average Bonchev–Trinajstić information content (AvgIpc) is 3.82. The first-order chi connectivity index (χ1) is 19.7. The number of aromatic nitrogens is 5. The maximum absolute atomic E-state index is 7.08. The molecule has 3 saturated heterocycles. The van der Waals surface area contributed by atoms with Gasteiger partial charge in [-0.1, -0.05) is 11.6 Å². The van der Waals surface area contributed by atoms with Crippen molar-refractivity contribution in [2.75, 3.05) is 54.0 Å². The van der Waals surface area contributed by atoms with Crippen molar-refractivity contribution in [1.29, 1.82) is 0 Å². The molecule has 9 heteroatoms. The Labute approximate surface area is 240 Å². The second-order valence-electron chi connectivity index (χ2n) is 11.0. The Morgan fingerprint density at radius 2 is 0.775 bits per heavy atom. The van der Waals surface area contributed by atoms with Gasteiger partial charge in [0.2, 0.25) is 5.02 Å². The van der Waals surface area contributed by atoms with Crippen LogP contribution < -0.4 is 28.4 Å². The molecule has 0 unspecified atom stereocenters. The summed E-state index contributed by atoms with van der Waals surface area (Å²) in [5, 5.41) is 0.510. The Morgan fingerprint density at radius 3 is 1.10 bits per heavy atom. The van der Waals surface area contributed by atoms with E-state index in [-0.39, 0.29) is 0 Å². The van der Waals surface area contributed by atoms with Gasteiger partial charge in [-0.3, -0.25) is 0 Å². The molecular formula is C31H36ClN8+3. The van der Waals surface area contributed by atoms with Gasteiger partial charge in [0.15, 0.2) is 0 Å². The van der Waals surface area contributed by atoms with Crippen molar-refractivity contribution >= 4 is 28.7 Å². The van der Waals surface area contributed by atoms with E-state index in [4.69, 9.17) is 21.6 Å². The molecule has 7 heterocycles. The van der Waals surface area contributed by atoms with Crippen molar-refractivity contribution in [3.05, 3.63) is 78.6 Å². The molecular weight excluding hydrogens is 520 g/mol. The maximum Gasteiger partial charge on any atom is 0.481 e. The second kappa shape index (κ2) is 11.0. The molecule has 4 aromatic rings. The zero-order valence-electron chi connectivity index (χ0n) is 22.9. The standard InChI is InChI=1S/C31H36ClN8/c32-28-29(38-19-7-25(8-20-38)35-13-1-2-14-35)33-31(40-23-11-27(12-24-40)37-17-5-6-18-37)34-30(28)39-21-9-26(10-22-39)36-15-3-4-16-36/h7-12,19-24H,1-6,13-18H2/q+3. The minimum atomic E-state index is 0.510. The predicted molar refractivity (Wildman–Crippen MR) is 156 cm³/mol. The summed E-state index contributed by atoms with van der Waals surface area (Å²) in [6, 6.07) is 12.9. The lowest BCUT2D eigenvalue weighted by molar-refractivity contribution is -0.623. The summed E-state index contributed by atoms with van der Waals surface area (Å²) in [7, 11) is 0. The summed E-state index contributed by atoms with van der Waals surface area (Å²) in [6.07, 6.45) is 19.8. The zero-order chi connectivity index (χ0) is 26.9.